The van der Waals surface area contributed by atoms with Gasteiger partial charge in [-0.2, -0.15) is 0 Å². The van der Waals surface area contributed by atoms with Crippen molar-refractivity contribution >= 4 is 33.3 Å². The first-order valence-electron chi connectivity index (χ1n) is 10.7. The van der Waals surface area contributed by atoms with Gasteiger partial charge in [-0.25, -0.2) is 19.9 Å². The Balaban J connectivity index is 1.50. The fraction of sp³-hybridized carbons (Fsp3) is 0.524. The van der Waals surface area contributed by atoms with E-state index in [1.165, 1.54) is 17.8 Å². The molecule has 0 amide bonds. The molecule has 0 aromatic carbocycles. The molecule has 0 spiro atoms. The zero-order valence-electron chi connectivity index (χ0n) is 18.0. The molecular formula is C21H28N8OS. The van der Waals surface area contributed by atoms with Gasteiger partial charge in [0, 0.05) is 49.5 Å². The van der Waals surface area contributed by atoms with Gasteiger partial charge < -0.3 is 20.3 Å². The maximum atomic E-state index is 5.66. The first-order valence-corrected chi connectivity index (χ1v) is 11.5. The second kappa shape index (κ2) is 8.62. The molecule has 5 heterocycles. The molecule has 3 aromatic heterocycles. The fourth-order valence-electron chi connectivity index (χ4n) is 4.26. The van der Waals surface area contributed by atoms with Crippen molar-refractivity contribution in [3.05, 3.63) is 23.3 Å². The predicted octanol–water partition coefficient (Wildman–Crippen LogP) is 1.70. The van der Waals surface area contributed by atoms with E-state index in [1.807, 2.05) is 0 Å². The number of fused-ring (bicyclic) bond motifs is 1. The van der Waals surface area contributed by atoms with E-state index >= 15 is 0 Å². The van der Waals surface area contributed by atoms with Gasteiger partial charge in [0.2, 0.25) is 5.95 Å². The van der Waals surface area contributed by atoms with E-state index in [4.69, 9.17) is 20.4 Å². The highest BCUT2D eigenvalue weighted by atomic mass is 32.1. The van der Waals surface area contributed by atoms with Crippen molar-refractivity contribution in [2.45, 2.75) is 19.0 Å². The first kappa shape index (κ1) is 20.5. The van der Waals surface area contributed by atoms with E-state index < -0.39 is 0 Å². The second-order valence-electron chi connectivity index (χ2n) is 8.35. The molecular weight excluding hydrogens is 412 g/mol. The molecule has 2 N–H and O–H groups in total. The number of rotatable bonds is 5. The molecule has 2 fully saturated rings. The number of morpholine rings is 1. The average Bonchev–Trinajstić information content (AvgIpc) is 3.40. The van der Waals surface area contributed by atoms with Gasteiger partial charge in [0.1, 0.15) is 0 Å². The topological polar surface area (TPSA) is 96.5 Å². The van der Waals surface area contributed by atoms with Crippen molar-refractivity contribution < 1.29 is 4.74 Å². The van der Waals surface area contributed by atoms with Gasteiger partial charge >= 0.3 is 0 Å². The van der Waals surface area contributed by atoms with Crippen LogP contribution in [-0.2, 0) is 11.3 Å². The highest BCUT2D eigenvalue weighted by Gasteiger charge is 2.25. The summed E-state index contributed by atoms with van der Waals surface area (Å²) in [5.41, 5.74) is 7.40. The van der Waals surface area contributed by atoms with Crippen LogP contribution in [0.3, 0.4) is 0 Å². The van der Waals surface area contributed by atoms with Crippen LogP contribution in [0.25, 0.3) is 21.6 Å². The summed E-state index contributed by atoms with van der Waals surface area (Å²) < 4.78 is 6.69. The summed E-state index contributed by atoms with van der Waals surface area (Å²) in [5, 5.41) is 0. The Morgan fingerprint density at radius 3 is 2.68 bits per heavy atom. The van der Waals surface area contributed by atoms with E-state index in [9.17, 15) is 0 Å². The summed E-state index contributed by atoms with van der Waals surface area (Å²) >= 11 is 1.80. The van der Waals surface area contributed by atoms with Gasteiger partial charge in [-0.15, -0.1) is 11.3 Å². The SMILES string of the molecule is CN1CCC(N(C)Cc2cc3nc(-c4cnc(N)nc4)nc(N4CCOCC4)c3s2)C1. The Morgan fingerprint density at radius 2 is 1.97 bits per heavy atom. The Morgan fingerprint density at radius 1 is 1.19 bits per heavy atom. The zero-order chi connectivity index (χ0) is 21.4. The van der Waals surface area contributed by atoms with Gasteiger partial charge in [0.15, 0.2) is 11.6 Å². The first-order chi connectivity index (χ1) is 15.1. The maximum Gasteiger partial charge on any atom is 0.219 e. The lowest BCUT2D eigenvalue weighted by molar-refractivity contribution is 0.122. The van der Waals surface area contributed by atoms with E-state index in [1.54, 1.807) is 23.7 Å². The summed E-state index contributed by atoms with van der Waals surface area (Å²) in [7, 11) is 4.42. The van der Waals surface area contributed by atoms with Crippen LogP contribution in [-0.4, -0.2) is 89.3 Å². The van der Waals surface area contributed by atoms with Gasteiger partial charge in [-0.1, -0.05) is 0 Å². The van der Waals surface area contributed by atoms with Crippen molar-refractivity contribution in [1.82, 2.24) is 29.7 Å². The molecule has 9 nitrogen and oxygen atoms in total. The molecule has 2 saturated heterocycles. The number of ether oxygens (including phenoxy) is 1. The van der Waals surface area contributed by atoms with Crippen molar-refractivity contribution in [2.75, 3.05) is 64.1 Å². The third-order valence-corrected chi connectivity index (χ3v) is 7.15. The lowest BCUT2D eigenvalue weighted by Gasteiger charge is -2.28. The number of likely N-dealkylation sites (tertiary alicyclic amines) is 1. The predicted molar refractivity (Wildman–Crippen MR) is 123 cm³/mol. The van der Waals surface area contributed by atoms with Crippen LogP contribution in [0.4, 0.5) is 11.8 Å². The number of nitrogens with two attached hydrogens (primary N) is 1. The standard InChI is InChI=1S/C21H28N8OS/c1-27-4-3-15(12-27)28(2)13-16-9-17-18(31-16)20(29-5-7-30-8-6-29)26-19(25-17)14-10-23-21(22)24-11-14/h9-11,15H,3-8,12-13H2,1-2H3,(H2,22,23,24). The lowest BCUT2D eigenvalue weighted by atomic mass is 10.2. The van der Waals surface area contributed by atoms with Crippen LogP contribution in [0, 0.1) is 0 Å². The minimum absolute atomic E-state index is 0.247. The lowest BCUT2D eigenvalue weighted by Crippen LogP contribution is -2.36. The van der Waals surface area contributed by atoms with Gasteiger partial charge in [-0.3, -0.25) is 4.90 Å². The molecule has 31 heavy (non-hydrogen) atoms. The van der Waals surface area contributed by atoms with Crippen molar-refractivity contribution in [3.63, 3.8) is 0 Å². The van der Waals surface area contributed by atoms with Crippen LogP contribution < -0.4 is 10.6 Å². The van der Waals surface area contributed by atoms with E-state index in [2.05, 4.69) is 44.8 Å². The average molecular weight is 441 g/mol. The molecule has 1 unspecified atom stereocenters. The van der Waals surface area contributed by atoms with Crippen molar-refractivity contribution in [2.24, 2.45) is 0 Å². The third-order valence-electron chi connectivity index (χ3n) is 6.04. The van der Waals surface area contributed by atoms with Gasteiger partial charge in [-0.05, 0) is 33.1 Å². The van der Waals surface area contributed by atoms with E-state index in [-0.39, 0.29) is 5.95 Å². The summed E-state index contributed by atoms with van der Waals surface area (Å²) in [6, 6.07) is 2.81. The molecule has 2 aliphatic rings. The number of nitrogen functional groups attached to an aromatic ring is 1. The highest BCUT2D eigenvalue weighted by Crippen LogP contribution is 2.35. The van der Waals surface area contributed by atoms with Crippen LogP contribution in [0.5, 0.6) is 0 Å². The molecule has 0 radical (unpaired) electrons. The van der Waals surface area contributed by atoms with Gasteiger partial charge in [0.05, 0.1) is 29.0 Å². The fourth-order valence-corrected chi connectivity index (χ4v) is 5.44. The van der Waals surface area contributed by atoms with Crippen molar-refractivity contribution in [3.8, 4) is 11.4 Å². The third kappa shape index (κ3) is 4.33. The summed E-state index contributed by atoms with van der Waals surface area (Å²) in [6.45, 7) is 6.28. The molecule has 164 valence electrons. The van der Waals surface area contributed by atoms with Crippen LogP contribution in [0.15, 0.2) is 18.5 Å². The molecule has 0 bridgehead atoms. The monoisotopic (exact) mass is 440 g/mol. The number of aromatic nitrogens is 4. The molecule has 2 aliphatic heterocycles. The largest absolute Gasteiger partial charge is 0.378 e. The number of nitrogens with zero attached hydrogens (tertiary/aromatic N) is 7. The number of hydrogen-bond donors (Lipinski definition) is 1. The summed E-state index contributed by atoms with van der Waals surface area (Å²) in [6.07, 6.45) is 4.59. The summed E-state index contributed by atoms with van der Waals surface area (Å²) in [5.74, 6) is 1.85. The minimum atomic E-state index is 0.247. The number of likely N-dealkylation sites (N-methyl/N-ethyl adjacent to an activating group) is 2. The maximum absolute atomic E-state index is 5.66. The Labute approximate surface area is 185 Å². The van der Waals surface area contributed by atoms with Crippen LogP contribution >= 0.6 is 11.3 Å². The molecule has 10 heteroatoms. The zero-order valence-corrected chi connectivity index (χ0v) is 18.8. The second-order valence-corrected chi connectivity index (χ2v) is 9.48. The molecule has 5 rings (SSSR count). The smallest absolute Gasteiger partial charge is 0.219 e. The Bertz CT molecular complexity index is 1050. The normalized spacial score (nSPS) is 20.2. The molecule has 1 atom stereocenters. The highest BCUT2D eigenvalue weighted by molar-refractivity contribution is 7.19. The van der Waals surface area contributed by atoms with Crippen LogP contribution in [0.1, 0.15) is 11.3 Å². The molecule has 0 saturated carbocycles. The van der Waals surface area contributed by atoms with Gasteiger partial charge in [0.25, 0.3) is 0 Å². The number of anilines is 2. The van der Waals surface area contributed by atoms with E-state index in [0.717, 1.165) is 47.8 Å². The number of thiophene rings is 1. The molecule has 3 aromatic rings. The molecule has 0 aliphatic carbocycles. The van der Waals surface area contributed by atoms with Crippen LogP contribution in [0.2, 0.25) is 0 Å². The summed E-state index contributed by atoms with van der Waals surface area (Å²) in [4.78, 5) is 26.5. The Kier molecular flexibility index (Phi) is 5.70. The van der Waals surface area contributed by atoms with Crippen molar-refractivity contribution in [1.29, 1.82) is 0 Å². The Hall–Kier alpha value is -2.40. The minimum Gasteiger partial charge on any atom is -0.378 e. The van der Waals surface area contributed by atoms with E-state index in [0.29, 0.717) is 25.1 Å². The quantitative estimate of drug-likeness (QED) is 0.636. The number of hydrogen-bond acceptors (Lipinski definition) is 10.